The van der Waals surface area contributed by atoms with Crippen molar-refractivity contribution in [1.29, 1.82) is 5.26 Å². The normalized spacial score (nSPS) is 15.0. The van der Waals surface area contributed by atoms with E-state index in [4.69, 9.17) is 4.74 Å². The molecule has 0 radical (unpaired) electrons. The number of hydrogen-bond acceptors (Lipinski definition) is 6. The number of likely N-dealkylation sites (tertiary alicyclic amines) is 1. The first-order chi connectivity index (χ1) is 20.7. The van der Waals surface area contributed by atoms with Gasteiger partial charge in [0.05, 0.1) is 5.39 Å². The van der Waals surface area contributed by atoms with E-state index in [1.54, 1.807) is 17.2 Å². The van der Waals surface area contributed by atoms with E-state index in [1.165, 1.54) is 5.56 Å². The van der Waals surface area contributed by atoms with Crippen molar-refractivity contribution in [2.24, 2.45) is 0 Å². The molecule has 3 heterocycles. The van der Waals surface area contributed by atoms with Crippen molar-refractivity contribution in [3.05, 3.63) is 119 Å². The van der Waals surface area contributed by atoms with Crippen molar-refractivity contribution >= 4 is 28.8 Å². The smallest absolute Gasteiger partial charge is 0.264 e. The van der Waals surface area contributed by atoms with Crippen LogP contribution in [0.1, 0.15) is 23.1 Å². The highest BCUT2D eigenvalue weighted by molar-refractivity contribution is 6.02. The van der Waals surface area contributed by atoms with E-state index in [1.807, 2.05) is 78.9 Å². The molecule has 5 aromatic rings. The third-order valence-electron chi connectivity index (χ3n) is 7.41. The lowest BCUT2D eigenvalue weighted by molar-refractivity contribution is -0.125. The maximum Gasteiger partial charge on any atom is 0.264 e. The zero-order valence-corrected chi connectivity index (χ0v) is 23.0. The number of aromatic nitrogens is 3. The number of anilines is 1. The van der Waals surface area contributed by atoms with Gasteiger partial charge in [-0.05, 0) is 72.4 Å². The molecule has 8 nitrogen and oxygen atoms in total. The molecule has 1 aliphatic heterocycles. The van der Waals surface area contributed by atoms with Crippen LogP contribution < -0.4 is 10.1 Å². The number of nitrogens with zero attached hydrogens (tertiary/aromatic N) is 4. The van der Waals surface area contributed by atoms with Gasteiger partial charge in [-0.1, -0.05) is 60.7 Å². The van der Waals surface area contributed by atoms with E-state index >= 15 is 0 Å². The maximum atomic E-state index is 13.1. The van der Waals surface area contributed by atoms with E-state index in [0.29, 0.717) is 13.1 Å². The zero-order chi connectivity index (χ0) is 28.7. The van der Waals surface area contributed by atoms with Crippen LogP contribution in [0.3, 0.4) is 0 Å². The fourth-order valence-electron chi connectivity index (χ4n) is 5.24. The van der Waals surface area contributed by atoms with E-state index in [0.717, 1.165) is 58.7 Å². The van der Waals surface area contributed by atoms with Crippen LogP contribution in [-0.2, 0) is 17.6 Å². The summed E-state index contributed by atoms with van der Waals surface area (Å²) in [4.78, 5) is 19.3. The second kappa shape index (κ2) is 12.4. The largest absolute Gasteiger partial charge is 0.457 e. The molecule has 1 amide bonds. The molecule has 0 aliphatic carbocycles. The number of aryl methyl sites for hydroxylation is 2. The van der Waals surface area contributed by atoms with Gasteiger partial charge in [-0.15, -0.1) is 0 Å². The topological polar surface area (TPSA) is 107 Å². The molecule has 2 N–H and O–H groups in total. The monoisotopic (exact) mass is 554 g/mol. The average Bonchev–Trinajstić information content (AvgIpc) is 3.68. The second-order valence-corrected chi connectivity index (χ2v) is 10.3. The number of nitriles is 1. The van der Waals surface area contributed by atoms with Crippen LogP contribution in [0.15, 0.2) is 103 Å². The molecule has 3 aromatic carbocycles. The molecule has 0 saturated carbocycles. The number of aromatic amines is 1. The Morgan fingerprint density at radius 3 is 2.50 bits per heavy atom. The first-order valence-electron chi connectivity index (χ1n) is 14.0. The minimum atomic E-state index is -0.250. The Labute approximate surface area is 244 Å². The van der Waals surface area contributed by atoms with Crippen LogP contribution in [0.25, 0.3) is 17.1 Å². The number of carbonyl (C=O) groups excluding carboxylic acids is 1. The summed E-state index contributed by atoms with van der Waals surface area (Å²) in [6.07, 6.45) is 5.88. The van der Waals surface area contributed by atoms with Crippen LogP contribution in [0.4, 0.5) is 5.82 Å². The number of ether oxygens (including phenoxy) is 1. The fraction of sp³-hybridized carbons (Fsp3) is 0.176. The van der Waals surface area contributed by atoms with Gasteiger partial charge in [0.15, 0.2) is 11.5 Å². The Balaban J connectivity index is 1.10. The molecule has 8 heteroatoms. The summed E-state index contributed by atoms with van der Waals surface area (Å²) >= 11 is 0. The summed E-state index contributed by atoms with van der Waals surface area (Å²) in [5.74, 6) is 2.10. The maximum absolute atomic E-state index is 13.1. The van der Waals surface area contributed by atoms with Crippen LogP contribution >= 0.6 is 0 Å². The van der Waals surface area contributed by atoms with Crippen molar-refractivity contribution in [2.75, 3.05) is 18.4 Å². The summed E-state index contributed by atoms with van der Waals surface area (Å²) in [6, 6.07) is 31.5. The number of benzene rings is 3. The SMILES string of the molecule is N#C/C(=C\c1ccccc1)C(=O)N1CC[C@@H](Nc2n[nH]c3nccc(CCc4ccc(Oc5ccccc5)cc4)c23)C1. The van der Waals surface area contributed by atoms with Gasteiger partial charge in [-0.2, -0.15) is 10.4 Å². The van der Waals surface area contributed by atoms with E-state index in [2.05, 4.69) is 38.7 Å². The van der Waals surface area contributed by atoms with E-state index in [9.17, 15) is 10.1 Å². The average molecular weight is 555 g/mol. The molecule has 1 saturated heterocycles. The Morgan fingerprint density at radius 1 is 1.00 bits per heavy atom. The van der Waals surface area contributed by atoms with Crippen LogP contribution in [0.2, 0.25) is 0 Å². The lowest BCUT2D eigenvalue weighted by Gasteiger charge is -2.17. The number of pyridine rings is 1. The summed E-state index contributed by atoms with van der Waals surface area (Å²) in [7, 11) is 0. The molecule has 208 valence electrons. The molecule has 0 spiro atoms. The van der Waals surface area contributed by atoms with Crippen molar-refractivity contribution in [3.8, 4) is 17.6 Å². The van der Waals surface area contributed by atoms with Crippen LogP contribution in [0.5, 0.6) is 11.5 Å². The van der Waals surface area contributed by atoms with E-state index in [-0.39, 0.29) is 17.5 Å². The minimum absolute atomic E-state index is 0.0160. The number of amides is 1. The summed E-state index contributed by atoms with van der Waals surface area (Å²) in [6.45, 7) is 1.07. The van der Waals surface area contributed by atoms with Crippen LogP contribution in [-0.4, -0.2) is 45.1 Å². The molecule has 6 rings (SSSR count). The predicted octanol–water partition coefficient (Wildman–Crippen LogP) is 6.16. The molecule has 1 fully saturated rings. The Bertz CT molecular complexity index is 1740. The summed E-state index contributed by atoms with van der Waals surface area (Å²) in [5, 5.41) is 21.7. The number of H-pyrrole nitrogens is 1. The quantitative estimate of drug-likeness (QED) is 0.167. The number of nitrogens with one attached hydrogen (secondary N) is 2. The fourth-order valence-corrected chi connectivity index (χ4v) is 5.24. The van der Waals surface area contributed by atoms with Gasteiger partial charge >= 0.3 is 0 Å². The summed E-state index contributed by atoms with van der Waals surface area (Å²) in [5.41, 5.74) is 4.05. The van der Waals surface area contributed by atoms with Crippen molar-refractivity contribution in [1.82, 2.24) is 20.1 Å². The Morgan fingerprint density at radius 2 is 1.74 bits per heavy atom. The zero-order valence-electron chi connectivity index (χ0n) is 23.0. The first kappa shape index (κ1) is 26.8. The second-order valence-electron chi connectivity index (χ2n) is 10.3. The van der Waals surface area contributed by atoms with Gasteiger partial charge in [0.25, 0.3) is 5.91 Å². The molecule has 1 atom stereocenters. The Kier molecular flexibility index (Phi) is 7.91. The highest BCUT2D eigenvalue weighted by atomic mass is 16.5. The third kappa shape index (κ3) is 6.16. The van der Waals surface area contributed by atoms with Gasteiger partial charge in [0.1, 0.15) is 23.1 Å². The molecule has 0 unspecified atom stereocenters. The standard InChI is InChI=1S/C34H30N6O2/c35-22-27(21-25-7-3-1-4-8-25)34(41)40-20-18-28(23-40)37-33-31-26(17-19-36-32(31)38-39-33)14-11-24-12-15-30(16-13-24)42-29-9-5-2-6-10-29/h1-10,12-13,15-17,19,21,28H,11,14,18,20,23H2,(H2,36,37,38,39)/b27-21+/t28-/m1/s1. The molecular weight excluding hydrogens is 524 g/mol. The van der Waals surface area contributed by atoms with Gasteiger partial charge in [0.2, 0.25) is 0 Å². The number of para-hydroxylation sites is 1. The lowest BCUT2D eigenvalue weighted by Crippen LogP contribution is -2.32. The number of rotatable bonds is 9. The van der Waals surface area contributed by atoms with Gasteiger partial charge in [0, 0.05) is 25.3 Å². The van der Waals surface area contributed by atoms with E-state index < -0.39 is 0 Å². The van der Waals surface area contributed by atoms with Crippen molar-refractivity contribution < 1.29 is 9.53 Å². The van der Waals surface area contributed by atoms with Gasteiger partial charge < -0.3 is 15.0 Å². The minimum Gasteiger partial charge on any atom is -0.457 e. The predicted molar refractivity (Wildman–Crippen MR) is 163 cm³/mol. The number of fused-ring (bicyclic) bond motifs is 1. The molecular formula is C34H30N6O2. The third-order valence-corrected chi connectivity index (χ3v) is 7.41. The molecule has 1 aliphatic rings. The number of hydrogen-bond donors (Lipinski definition) is 2. The van der Waals surface area contributed by atoms with Gasteiger partial charge in [-0.25, -0.2) is 4.98 Å². The first-order valence-corrected chi connectivity index (χ1v) is 14.0. The van der Waals surface area contributed by atoms with Gasteiger partial charge in [-0.3, -0.25) is 9.89 Å². The molecule has 0 bridgehead atoms. The van der Waals surface area contributed by atoms with Crippen molar-refractivity contribution in [3.63, 3.8) is 0 Å². The van der Waals surface area contributed by atoms with Crippen molar-refractivity contribution in [2.45, 2.75) is 25.3 Å². The highest BCUT2D eigenvalue weighted by Crippen LogP contribution is 2.27. The Hall–Kier alpha value is -5.42. The highest BCUT2D eigenvalue weighted by Gasteiger charge is 2.29. The molecule has 42 heavy (non-hydrogen) atoms. The summed E-state index contributed by atoms with van der Waals surface area (Å²) < 4.78 is 5.92. The number of carbonyl (C=O) groups is 1. The van der Waals surface area contributed by atoms with Crippen LogP contribution in [0, 0.1) is 11.3 Å². The molecule has 2 aromatic heterocycles. The lowest BCUT2D eigenvalue weighted by atomic mass is 10.0.